The van der Waals surface area contributed by atoms with Gasteiger partial charge in [0.15, 0.2) is 0 Å². The minimum absolute atomic E-state index is 0.0362. The third-order valence-electron chi connectivity index (χ3n) is 2.33. The number of methoxy groups -OCH3 is 1. The number of ether oxygens (including phenoxy) is 1. The second-order valence-corrected chi connectivity index (χ2v) is 3.58. The van der Waals surface area contributed by atoms with Gasteiger partial charge in [-0.15, -0.1) is 11.6 Å². The van der Waals surface area contributed by atoms with Crippen LogP contribution in [-0.4, -0.2) is 18.1 Å². The van der Waals surface area contributed by atoms with Crippen molar-refractivity contribution in [3.63, 3.8) is 0 Å². The van der Waals surface area contributed by atoms with Crippen molar-refractivity contribution in [3.05, 3.63) is 28.6 Å². The molecule has 0 amide bonds. The highest BCUT2D eigenvalue weighted by molar-refractivity contribution is 6.17. The maximum Gasteiger partial charge on any atom is 0.310 e. The zero-order valence-corrected chi connectivity index (χ0v) is 10.2. The van der Waals surface area contributed by atoms with E-state index in [1.807, 2.05) is 0 Å². The molecule has 0 aliphatic heterocycles. The molecule has 7 heteroatoms. The molecule has 1 aromatic heterocycles. The van der Waals surface area contributed by atoms with Gasteiger partial charge in [-0.2, -0.15) is 5.26 Å². The molecular formula is C11H9ClF2N2O2. The van der Waals surface area contributed by atoms with Crippen molar-refractivity contribution in [2.24, 2.45) is 0 Å². The number of hydrogen-bond acceptors (Lipinski definition) is 4. The molecule has 18 heavy (non-hydrogen) atoms. The Kier molecular flexibility index (Phi) is 4.98. The van der Waals surface area contributed by atoms with Crippen molar-refractivity contribution in [2.45, 2.75) is 18.7 Å². The van der Waals surface area contributed by atoms with E-state index in [9.17, 15) is 13.6 Å². The summed E-state index contributed by atoms with van der Waals surface area (Å²) in [7, 11) is 1.15. The second-order valence-electron chi connectivity index (χ2n) is 3.31. The molecule has 0 saturated carbocycles. The summed E-state index contributed by atoms with van der Waals surface area (Å²) in [5.74, 6) is -0.822. The first-order valence-electron chi connectivity index (χ1n) is 4.86. The lowest BCUT2D eigenvalue weighted by Crippen LogP contribution is -2.12. The lowest BCUT2D eigenvalue weighted by molar-refractivity contribution is -0.139. The fourth-order valence-electron chi connectivity index (χ4n) is 1.48. The molecule has 0 N–H and O–H groups in total. The Balaban J connectivity index is 3.41. The maximum absolute atomic E-state index is 13.0. The van der Waals surface area contributed by atoms with Crippen LogP contribution < -0.4 is 0 Å². The van der Waals surface area contributed by atoms with E-state index in [1.165, 1.54) is 0 Å². The molecule has 0 aliphatic rings. The van der Waals surface area contributed by atoms with Crippen LogP contribution in [0.15, 0.2) is 6.20 Å². The summed E-state index contributed by atoms with van der Waals surface area (Å²) in [5.41, 5.74) is -0.659. The Morgan fingerprint density at radius 3 is 2.78 bits per heavy atom. The third kappa shape index (κ3) is 2.93. The normalized spacial score (nSPS) is 10.2. The molecule has 1 rings (SSSR count). The summed E-state index contributed by atoms with van der Waals surface area (Å²) < 4.78 is 30.4. The van der Waals surface area contributed by atoms with E-state index < -0.39 is 18.0 Å². The van der Waals surface area contributed by atoms with Gasteiger partial charge in [-0.1, -0.05) is 0 Å². The minimum Gasteiger partial charge on any atom is -0.469 e. The fraction of sp³-hybridized carbons (Fsp3) is 0.364. The Bertz CT molecular complexity index is 501. The van der Waals surface area contributed by atoms with Crippen molar-refractivity contribution in [2.75, 3.05) is 7.11 Å². The Morgan fingerprint density at radius 2 is 2.33 bits per heavy atom. The number of nitrogens with zero attached hydrogens (tertiary/aromatic N) is 2. The topological polar surface area (TPSA) is 63.0 Å². The van der Waals surface area contributed by atoms with Crippen LogP contribution >= 0.6 is 11.6 Å². The molecule has 0 atom stereocenters. The molecule has 96 valence electrons. The molecule has 0 saturated heterocycles. The molecule has 0 bridgehead atoms. The van der Waals surface area contributed by atoms with Gasteiger partial charge < -0.3 is 4.74 Å². The van der Waals surface area contributed by atoms with E-state index in [2.05, 4.69) is 9.72 Å². The van der Waals surface area contributed by atoms with E-state index in [0.29, 0.717) is 0 Å². The minimum atomic E-state index is -2.88. The lowest BCUT2D eigenvalue weighted by Gasteiger charge is -2.12. The summed E-state index contributed by atoms with van der Waals surface area (Å²) in [6, 6.07) is 1.62. The van der Waals surface area contributed by atoms with Crippen LogP contribution in [0.3, 0.4) is 0 Å². The molecule has 0 aliphatic carbocycles. The molecule has 0 radical (unpaired) electrons. The number of hydrogen-bond donors (Lipinski definition) is 0. The largest absolute Gasteiger partial charge is 0.469 e. The Labute approximate surface area is 107 Å². The van der Waals surface area contributed by atoms with Gasteiger partial charge in [0.1, 0.15) is 6.07 Å². The molecule has 0 fully saturated rings. The van der Waals surface area contributed by atoms with Crippen molar-refractivity contribution in [3.8, 4) is 6.07 Å². The molecule has 1 aromatic rings. The van der Waals surface area contributed by atoms with E-state index in [1.54, 1.807) is 6.07 Å². The van der Waals surface area contributed by atoms with Crippen LogP contribution in [0.5, 0.6) is 0 Å². The van der Waals surface area contributed by atoms with Crippen molar-refractivity contribution < 1.29 is 18.3 Å². The second kappa shape index (κ2) is 6.26. The Morgan fingerprint density at radius 1 is 1.67 bits per heavy atom. The number of carbonyl (C=O) groups is 1. The molecule has 0 aromatic carbocycles. The van der Waals surface area contributed by atoms with E-state index >= 15 is 0 Å². The number of aromatic nitrogens is 1. The predicted molar refractivity (Wildman–Crippen MR) is 59.2 cm³/mol. The fourth-order valence-corrected chi connectivity index (χ4v) is 1.71. The van der Waals surface area contributed by atoms with Crippen molar-refractivity contribution >= 4 is 17.6 Å². The number of esters is 1. The Hall–Kier alpha value is -1.74. The number of alkyl halides is 3. The van der Waals surface area contributed by atoms with Gasteiger partial charge in [-0.05, 0) is 5.56 Å². The van der Waals surface area contributed by atoms with E-state index in [-0.39, 0.29) is 29.1 Å². The van der Waals surface area contributed by atoms with Gasteiger partial charge in [-0.3, -0.25) is 9.78 Å². The lowest BCUT2D eigenvalue weighted by atomic mass is 9.99. The summed E-state index contributed by atoms with van der Waals surface area (Å²) in [4.78, 5) is 15.0. The first-order valence-corrected chi connectivity index (χ1v) is 5.40. The molecule has 0 spiro atoms. The van der Waals surface area contributed by atoms with Gasteiger partial charge >= 0.3 is 5.97 Å². The highest BCUT2D eigenvalue weighted by Gasteiger charge is 2.23. The standard InChI is InChI=1S/C11H9ClF2N2O2/c1-18-9(17)2-7-8(3-12)16-5-6(4-15)10(7)11(13)14/h5,11H,2-3H2,1H3. The molecular weight excluding hydrogens is 266 g/mol. The van der Waals surface area contributed by atoms with Crippen LogP contribution in [0.1, 0.15) is 28.8 Å². The van der Waals surface area contributed by atoms with Gasteiger partial charge in [0.25, 0.3) is 6.43 Å². The summed E-state index contributed by atoms with van der Waals surface area (Å²) in [6.45, 7) is 0. The van der Waals surface area contributed by atoms with Crippen LogP contribution in [-0.2, 0) is 21.8 Å². The van der Waals surface area contributed by atoms with Crippen LogP contribution in [0.2, 0.25) is 0 Å². The number of pyridine rings is 1. The predicted octanol–water partition coefficient (Wildman–Crippen LogP) is 2.35. The average molecular weight is 275 g/mol. The molecule has 0 unspecified atom stereocenters. The quantitative estimate of drug-likeness (QED) is 0.624. The summed E-state index contributed by atoms with van der Waals surface area (Å²) in [6.07, 6.45) is -2.25. The van der Waals surface area contributed by atoms with Crippen molar-refractivity contribution in [1.82, 2.24) is 4.98 Å². The zero-order chi connectivity index (χ0) is 13.7. The SMILES string of the molecule is COC(=O)Cc1c(CCl)ncc(C#N)c1C(F)F. The number of rotatable bonds is 4. The average Bonchev–Trinajstić information content (AvgIpc) is 2.37. The smallest absolute Gasteiger partial charge is 0.310 e. The molecule has 1 heterocycles. The summed E-state index contributed by atoms with van der Waals surface area (Å²) >= 11 is 5.59. The number of nitriles is 1. The summed E-state index contributed by atoms with van der Waals surface area (Å²) in [5, 5.41) is 8.77. The van der Waals surface area contributed by atoms with E-state index in [4.69, 9.17) is 16.9 Å². The van der Waals surface area contributed by atoms with Crippen LogP contribution in [0, 0.1) is 11.3 Å². The van der Waals surface area contributed by atoms with Crippen LogP contribution in [0.4, 0.5) is 8.78 Å². The third-order valence-corrected chi connectivity index (χ3v) is 2.58. The van der Waals surface area contributed by atoms with Gasteiger partial charge in [-0.25, -0.2) is 8.78 Å². The highest BCUT2D eigenvalue weighted by atomic mass is 35.5. The van der Waals surface area contributed by atoms with Gasteiger partial charge in [0.2, 0.25) is 0 Å². The highest BCUT2D eigenvalue weighted by Crippen LogP contribution is 2.29. The zero-order valence-electron chi connectivity index (χ0n) is 9.41. The number of halogens is 3. The number of carbonyl (C=O) groups excluding carboxylic acids is 1. The first kappa shape index (κ1) is 14.3. The van der Waals surface area contributed by atoms with E-state index in [0.717, 1.165) is 13.3 Å². The van der Waals surface area contributed by atoms with Crippen molar-refractivity contribution in [1.29, 1.82) is 5.26 Å². The maximum atomic E-state index is 13.0. The first-order chi connectivity index (χ1) is 8.54. The van der Waals surface area contributed by atoms with Gasteiger partial charge in [0, 0.05) is 11.8 Å². The monoisotopic (exact) mass is 274 g/mol. The van der Waals surface area contributed by atoms with Crippen LogP contribution in [0.25, 0.3) is 0 Å². The molecule has 4 nitrogen and oxygen atoms in total. The van der Waals surface area contributed by atoms with Gasteiger partial charge in [0.05, 0.1) is 30.7 Å².